The summed E-state index contributed by atoms with van der Waals surface area (Å²) in [7, 11) is 0. The molecular weight excluding hydrogens is 428 g/mol. The summed E-state index contributed by atoms with van der Waals surface area (Å²) in [5.41, 5.74) is 2.36. The molecule has 0 spiro atoms. The van der Waals surface area contributed by atoms with E-state index in [1.165, 1.54) is 11.1 Å². The van der Waals surface area contributed by atoms with Gasteiger partial charge in [-0.1, -0.05) is 60.7 Å². The summed E-state index contributed by atoms with van der Waals surface area (Å²) >= 11 is 0. The first kappa shape index (κ1) is 25.7. The lowest BCUT2D eigenvalue weighted by atomic mass is 10.1. The van der Waals surface area contributed by atoms with Gasteiger partial charge in [0.15, 0.2) is 0 Å². The fourth-order valence-electron chi connectivity index (χ4n) is 3.48. The maximum atomic E-state index is 10.2. The predicted octanol–water partition coefficient (Wildman–Crippen LogP) is 3.87. The van der Waals surface area contributed by atoms with Gasteiger partial charge >= 0.3 is 0 Å². The molecule has 0 radical (unpaired) electrons. The third-order valence-corrected chi connectivity index (χ3v) is 5.63. The molecule has 0 aliphatic heterocycles. The van der Waals surface area contributed by atoms with Crippen LogP contribution in [0.25, 0.3) is 0 Å². The van der Waals surface area contributed by atoms with Crippen LogP contribution in [0.15, 0.2) is 84.9 Å². The average Bonchev–Trinajstić information content (AvgIpc) is 2.89. The van der Waals surface area contributed by atoms with Crippen LogP contribution in [0.1, 0.15) is 37.1 Å². The van der Waals surface area contributed by atoms with Crippen LogP contribution in [0.5, 0.6) is 11.5 Å². The number of hydrogen-bond acceptors (Lipinski definition) is 6. The molecule has 0 unspecified atom stereocenters. The minimum atomic E-state index is -0.622. The zero-order chi connectivity index (χ0) is 24.2. The molecule has 0 saturated carbocycles. The molecule has 6 heteroatoms. The Morgan fingerprint density at radius 2 is 0.941 bits per heavy atom. The number of aliphatic hydroxyl groups excluding tert-OH is 2. The molecule has 3 rings (SSSR count). The second-order valence-electron chi connectivity index (χ2n) is 8.48. The Morgan fingerprint density at radius 3 is 1.29 bits per heavy atom. The van der Waals surface area contributed by atoms with E-state index < -0.39 is 12.2 Å². The van der Waals surface area contributed by atoms with Crippen molar-refractivity contribution in [2.24, 2.45) is 0 Å². The fraction of sp³-hybridized carbons (Fsp3) is 0.357. The molecule has 182 valence electrons. The monoisotopic (exact) mass is 464 g/mol. The van der Waals surface area contributed by atoms with E-state index in [0.29, 0.717) is 24.6 Å². The van der Waals surface area contributed by atoms with Crippen LogP contribution in [0.4, 0.5) is 0 Å². The summed E-state index contributed by atoms with van der Waals surface area (Å²) in [6, 6.07) is 27.7. The average molecular weight is 465 g/mol. The number of rotatable bonds is 14. The van der Waals surface area contributed by atoms with Gasteiger partial charge in [-0.25, -0.2) is 0 Å². The van der Waals surface area contributed by atoms with Crippen molar-refractivity contribution in [3.8, 4) is 11.5 Å². The second-order valence-corrected chi connectivity index (χ2v) is 8.48. The molecule has 0 saturated heterocycles. The van der Waals surface area contributed by atoms with Crippen molar-refractivity contribution in [2.45, 2.75) is 38.1 Å². The van der Waals surface area contributed by atoms with Crippen molar-refractivity contribution >= 4 is 0 Å². The summed E-state index contributed by atoms with van der Waals surface area (Å²) in [5.74, 6) is 1.31. The highest BCUT2D eigenvalue weighted by Crippen LogP contribution is 2.18. The first-order chi connectivity index (χ1) is 16.5. The molecule has 4 atom stereocenters. The zero-order valence-electron chi connectivity index (χ0n) is 19.9. The maximum absolute atomic E-state index is 10.2. The maximum Gasteiger partial charge on any atom is 0.119 e. The number of aliphatic hydroxyl groups is 2. The molecule has 4 N–H and O–H groups in total. The standard InChI is InChI=1S/C28H36N2O4/c1-21(23-9-5-3-6-10-23)29-17-25(31)19-33-27-13-15-28(16-14-27)34-20-26(32)18-30-22(2)24-11-7-4-8-12-24/h3-16,21-22,25-26,29-32H,17-20H2,1-2H3/t21-,22-,25-,26-/m0/s1. The molecule has 3 aromatic carbocycles. The van der Waals surface area contributed by atoms with Crippen LogP contribution in [0.2, 0.25) is 0 Å². The lowest BCUT2D eigenvalue weighted by Gasteiger charge is -2.18. The molecule has 0 aromatic heterocycles. The van der Waals surface area contributed by atoms with Gasteiger partial charge in [-0.2, -0.15) is 0 Å². The van der Waals surface area contributed by atoms with Crippen LogP contribution in [0.3, 0.4) is 0 Å². The number of hydrogen-bond donors (Lipinski definition) is 4. The third kappa shape index (κ3) is 8.80. The van der Waals surface area contributed by atoms with Crippen LogP contribution >= 0.6 is 0 Å². The number of benzene rings is 3. The number of nitrogens with one attached hydrogen (secondary N) is 2. The molecule has 0 heterocycles. The normalized spacial score (nSPS) is 14.7. The van der Waals surface area contributed by atoms with Crippen molar-refractivity contribution in [3.05, 3.63) is 96.1 Å². The van der Waals surface area contributed by atoms with E-state index in [4.69, 9.17) is 9.47 Å². The topological polar surface area (TPSA) is 83.0 Å². The van der Waals surface area contributed by atoms with Crippen LogP contribution in [-0.4, -0.2) is 48.7 Å². The van der Waals surface area contributed by atoms with E-state index in [9.17, 15) is 10.2 Å². The Labute approximate surface area is 202 Å². The first-order valence-corrected chi connectivity index (χ1v) is 11.8. The van der Waals surface area contributed by atoms with E-state index in [-0.39, 0.29) is 25.3 Å². The molecule has 6 nitrogen and oxygen atoms in total. The lowest BCUT2D eigenvalue weighted by Crippen LogP contribution is -2.33. The van der Waals surface area contributed by atoms with Gasteiger partial charge in [0.1, 0.15) is 36.9 Å². The van der Waals surface area contributed by atoms with Crippen molar-refractivity contribution < 1.29 is 19.7 Å². The van der Waals surface area contributed by atoms with Gasteiger partial charge in [0.2, 0.25) is 0 Å². The van der Waals surface area contributed by atoms with Crippen molar-refractivity contribution in [1.82, 2.24) is 10.6 Å². The van der Waals surface area contributed by atoms with E-state index >= 15 is 0 Å². The minimum Gasteiger partial charge on any atom is -0.491 e. The summed E-state index contributed by atoms with van der Waals surface area (Å²) in [6.45, 7) is 5.40. The highest BCUT2D eigenvalue weighted by Gasteiger charge is 2.11. The predicted molar refractivity (Wildman–Crippen MR) is 135 cm³/mol. The largest absolute Gasteiger partial charge is 0.491 e. The third-order valence-electron chi connectivity index (χ3n) is 5.63. The van der Waals surface area contributed by atoms with Crippen molar-refractivity contribution in [2.75, 3.05) is 26.3 Å². The van der Waals surface area contributed by atoms with Crippen LogP contribution < -0.4 is 20.1 Å². The van der Waals surface area contributed by atoms with Crippen LogP contribution in [-0.2, 0) is 0 Å². The quantitative estimate of drug-likeness (QED) is 0.290. The smallest absolute Gasteiger partial charge is 0.119 e. The Hall–Kier alpha value is -2.90. The van der Waals surface area contributed by atoms with E-state index in [1.54, 1.807) is 24.3 Å². The minimum absolute atomic E-state index is 0.152. The summed E-state index contributed by atoms with van der Waals surface area (Å²) in [6.07, 6.45) is -1.24. The Bertz CT molecular complexity index is 859. The summed E-state index contributed by atoms with van der Waals surface area (Å²) < 4.78 is 11.4. The van der Waals surface area contributed by atoms with Crippen LogP contribution in [0, 0.1) is 0 Å². The molecule has 0 fully saturated rings. The molecular formula is C28H36N2O4. The van der Waals surface area contributed by atoms with Gasteiger partial charge < -0.3 is 30.3 Å². The second kappa shape index (κ2) is 13.7. The van der Waals surface area contributed by atoms with Crippen molar-refractivity contribution in [1.29, 1.82) is 0 Å². The molecule has 0 amide bonds. The first-order valence-electron chi connectivity index (χ1n) is 11.8. The Morgan fingerprint density at radius 1 is 0.588 bits per heavy atom. The lowest BCUT2D eigenvalue weighted by molar-refractivity contribution is 0.102. The number of ether oxygens (including phenoxy) is 2. The van der Waals surface area contributed by atoms with Gasteiger partial charge in [0, 0.05) is 25.2 Å². The highest BCUT2D eigenvalue weighted by molar-refractivity contribution is 5.31. The molecule has 0 aliphatic carbocycles. The van der Waals surface area contributed by atoms with E-state index in [0.717, 1.165) is 0 Å². The van der Waals surface area contributed by atoms with Gasteiger partial charge in [0.25, 0.3) is 0 Å². The van der Waals surface area contributed by atoms with Gasteiger partial charge in [-0.05, 0) is 49.2 Å². The van der Waals surface area contributed by atoms with E-state index in [2.05, 4.69) is 48.7 Å². The van der Waals surface area contributed by atoms with Gasteiger partial charge in [-0.3, -0.25) is 0 Å². The SMILES string of the molecule is C[C@H](NC[C@H](O)COc1ccc(OC[C@@H](O)CN[C@@H](C)c2ccccc2)cc1)c1ccccc1. The van der Waals surface area contributed by atoms with E-state index in [1.807, 2.05) is 36.4 Å². The molecule has 34 heavy (non-hydrogen) atoms. The summed E-state index contributed by atoms with van der Waals surface area (Å²) in [5, 5.41) is 27.1. The zero-order valence-corrected chi connectivity index (χ0v) is 19.9. The molecule has 0 aliphatic rings. The Kier molecular flexibility index (Phi) is 10.4. The molecule has 3 aromatic rings. The summed E-state index contributed by atoms with van der Waals surface area (Å²) in [4.78, 5) is 0. The highest BCUT2D eigenvalue weighted by atomic mass is 16.5. The Balaban J connectivity index is 1.32. The molecule has 0 bridgehead atoms. The van der Waals surface area contributed by atoms with Gasteiger partial charge in [-0.15, -0.1) is 0 Å². The van der Waals surface area contributed by atoms with Gasteiger partial charge in [0.05, 0.1) is 0 Å². The fourth-order valence-corrected chi connectivity index (χ4v) is 3.48. The van der Waals surface area contributed by atoms with Crippen molar-refractivity contribution in [3.63, 3.8) is 0 Å².